The van der Waals surface area contributed by atoms with E-state index in [1.807, 2.05) is 0 Å². The van der Waals surface area contributed by atoms with Crippen LogP contribution in [0.1, 0.15) is 11.3 Å². The second kappa shape index (κ2) is 8.50. The third-order valence-corrected chi connectivity index (χ3v) is 3.71. The highest BCUT2D eigenvalue weighted by molar-refractivity contribution is 5.99. The van der Waals surface area contributed by atoms with Crippen molar-refractivity contribution in [3.8, 4) is 11.6 Å². The van der Waals surface area contributed by atoms with Gasteiger partial charge < -0.3 is 15.4 Å². The molecule has 0 radical (unpaired) electrons. The summed E-state index contributed by atoms with van der Waals surface area (Å²) in [6.45, 7) is 0. The quantitative estimate of drug-likeness (QED) is 0.490. The van der Waals surface area contributed by atoms with Crippen molar-refractivity contribution in [3.63, 3.8) is 0 Å². The molecule has 12 heteroatoms. The van der Waals surface area contributed by atoms with Gasteiger partial charge in [-0.15, -0.1) is 0 Å². The van der Waals surface area contributed by atoms with Crippen LogP contribution in [0.15, 0.2) is 60.9 Å². The maximum atomic E-state index is 12.7. The number of hydrogen-bond donors (Lipinski definition) is 2. The molecule has 1 heterocycles. The van der Waals surface area contributed by atoms with Gasteiger partial charge in [-0.25, -0.2) is 14.8 Å². The van der Waals surface area contributed by atoms with Crippen molar-refractivity contribution in [3.05, 3.63) is 72.2 Å². The highest BCUT2D eigenvalue weighted by Crippen LogP contribution is 2.31. The van der Waals surface area contributed by atoms with Crippen LogP contribution in [0.2, 0.25) is 0 Å². The number of aromatic nitrogens is 2. The van der Waals surface area contributed by atoms with E-state index in [0.29, 0.717) is 12.4 Å². The molecular weight excluding hydrogens is 430 g/mol. The van der Waals surface area contributed by atoms with E-state index >= 15 is 0 Å². The van der Waals surface area contributed by atoms with Gasteiger partial charge in [0.25, 0.3) is 0 Å². The van der Waals surface area contributed by atoms with Crippen molar-refractivity contribution in [2.45, 2.75) is 12.4 Å². The fraction of sp³-hybridized carbons (Fsp3) is 0.105. The van der Waals surface area contributed by atoms with Gasteiger partial charge in [-0.1, -0.05) is 6.07 Å². The first-order chi connectivity index (χ1) is 14.5. The van der Waals surface area contributed by atoms with Gasteiger partial charge in [0.15, 0.2) is 5.69 Å². The summed E-state index contributed by atoms with van der Waals surface area (Å²) in [5, 5.41) is 4.68. The summed E-state index contributed by atoms with van der Waals surface area (Å²) in [4.78, 5) is 18.7. The minimum Gasteiger partial charge on any atom is -0.439 e. The predicted octanol–water partition coefficient (Wildman–Crippen LogP) is 5.95. The number of nitrogens with zero attached hydrogens (tertiary/aromatic N) is 2. The summed E-state index contributed by atoms with van der Waals surface area (Å²) in [6.07, 6.45) is -8.48. The van der Waals surface area contributed by atoms with E-state index in [-0.39, 0.29) is 23.0 Å². The van der Waals surface area contributed by atoms with Crippen LogP contribution in [0.5, 0.6) is 11.6 Å². The molecular formula is C19H12F6N4O2. The van der Waals surface area contributed by atoms with Gasteiger partial charge in [0, 0.05) is 17.4 Å². The molecule has 2 aromatic carbocycles. The van der Waals surface area contributed by atoms with Gasteiger partial charge in [0.1, 0.15) is 12.1 Å². The van der Waals surface area contributed by atoms with Gasteiger partial charge in [0.2, 0.25) is 5.88 Å². The monoisotopic (exact) mass is 442 g/mol. The minimum atomic E-state index is -4.65. The summed E-state index contributed by atoms with van der Waals surface area (Å²) in [6, 6.07) is 9.42. The van der Waals surface area contributed by atoms with Crippen LogP contribution in [0, 0.1) is 0 Å². The average Bonchev–Trinajstić information content (AvgIpc) is 2.68. The maximum absolute atomic E-state index is 12.7. The molecule has 0 aliphatic rings. The zero-order valence-electron chi connectivity index (χ0n) is 15.3. The number of nitrogens with one attached hydrogen (secondary N) is 2. The number of rotatable bonds is 4. The van der Waals surface area contributed by atoms with Crippen LogP contribution >= 0.6 is 0 Å². The Bertz CT molecular complexity index is 1070. The summed E-state index contributed by atoms with van der Waals surface area (Å²) in [7, 11) is 0. The Labute approximate surface area is 170 Å². The standard InChI is InChI=1S/C19H12F6N4O2/c20-18(21,22)11-2-1-3-13(8-11)29-17(30)28-12-4-6-14(7-5-12)31-16-9-15(19(23,24)25)26-10-27-16/h1-10H,(H2,28,29,30). The fourth-order valence-electron chi connectivity index (χ4n) is 2.34. The maximum Gasteiger partial charge on any atom is 0.433 e. The Morgan fingerprint density at radius 1 is 0.806 bits per heavy atom. The van der Waals surface area contributed by atoms with Crippen LogP contribution in [0.25, 0.3) is 0 Å². The molecule has 0 aliphatic carbocycles. The number of alkyl halides is 6. The number of amides is 2. The smallest absolute Gasteiger partial charge is 0.433 e. The summed E-state index contributed by atoms with van der Waals surface area (Å²) in [5.41, 5.74) is -1.88. The zero-order valence-corrected chi connectivity index (χ0v) is 15.3. The SMILES string of the molecule is O=C(Nc1ccc(Oc2cc(C(F)(F)F)ncn2)cc1)Nc1cccc(C(F)(F)F)c1. The van der Waals surface area contributed by atoms with Gasteiger partial charge in [-0.05, 0) is 42.5 Å². The third kappa shape index (κ3) is 6.07. The van der Waals surface area contributed by atoms with E-state index in [1.54, 1.807) is 0 Å². The molecule has 1 aromatic heterocycles. The second-order valence-corrected chi connectivity index (χ2v) is 6.02. The van der Waals surface area contributed by atoms with Crippen molar-refractivity contribution in [1.82, 2.24) is 9.97 Å². The van der Waals surface area contributed by atoms with Crippen LogP contribution in [0.3, 0.4) is 0 Å². The van der Waals surface area contributed by atoms with E-state index in [1.165, 1.54) is 30.3 Å². The van der Waals surface area contributed by atoms with E-state index in [4.69, 9.17) is 4.74 Å². The normalized spacial score (nSPS) is 11.7. The number of hydrogen-bond acceptors (Lipinski definition) is 4. The van der Waals surface area contributed by atoms with Crippen molar-refractivity contribution in [2.24, 2.45) is 0 Å². The number of carbonyl (C=O) groups is 1. The number of ether oxygens (including phenoxy) is 1. The van der Waals surface area contributed by atoms with Crippen LogP contribution in [0.4, 0.5) is 42.5 Å². The van der Waals surface area contributed by atoms with E-state index in [2.05, 4.69) is 20.6 Å². The summed E-state index contributed by atoms with van der Waals surface area (Å²) >= 11 is 0. The van der Waals surface area contributed by atoms with E-state index in [9.17, 15) is 31.1 Å². The van der Waals surface area contributed by atoms with E-state index in [0.717, 1.165) is 18.2 Å². The Balaban J connectivity index is 1.61. The Hall–Kier alpha value is -3.83. The molecule has 0 aliphatic heterocycles. The van der Waals surface area contributed by atoms with Crippen molar-refractivity contribution >= 4 is 17.4 Å². The molecule has 0 unspecified atom stereocenters. The van der Waals surface area contributed by atoms with Crippen LogP contribution in [-0.4, -0.2) is 16.0 Å². The molecule has 3 rings (SSSR count). The van der Waals surface area contributed by atoms with Gasteiger partial charge in [-0.2, -0.15) is 26.3 Å². The molecule has 6 nitrogen and oxygen atoms in total. The molecule has 0 saturated carbocycles. The first-order valence-corrected chi connectivity index (χ1v) is 8.43. The Morgan fingerprint density at radius 3 is 2.13 bits per heavy atom. The lowest BCUT2D eigenvalue weighted by molar-refractivity contribution is -0.141. The molecule has 0 atom stereocenters. The molecule has 0 spiro atoms. The number of anilines is 2. The first kappa shape index (κ1) is 21.9. The molecule has 162 valence electrons. The topological polar surface area (TPSA) is 76.1 Å². The summed E-state index contributed by atoms with van der Waals surface area (Å²) in [5.74, 6) is -0.194. The van der Waals surface area contributed by atoms with Crippen LogP contribution < -0.4 is 15.4 Å². The minimum absolute atomic E-state index is 0.0588. The van der Waals surface area contributed by atoms with Crippen molar-refractivity contribution in [1.29, 1.82) is 0 Å². The van der Waals surface area contributed by atoms with Crippen molar-refractivity contribution in [2.75, 3.05) is 10.6 Å². The van der Waals surface area contributed by atoms with E-state index < -0.39 is 29.6 Å². The van der Waals surface area contributed by atoms with Gasteiger partial charge in [-0.3, -0.25) is 0 Å². The molecule has 0 bridgehead atoms. The third-order valence-electron chi connectivity index (χ3n) is 3.71. The largest absolute Gasteiger partial charge is 0.439 e. The molecule has 0 fully saturated rings. The highest BCUT2D eigenvalue weighted by atomic mass is 19.4. The van der Waals surface area contributed by atoms with Gasteiger partial charge >= 0.3 is 18.4 Å². The lowest BCUT2D eigenvalue weighted by Crippen LogP contribution is -2.19. The Morgan fingerprint density at radius 2 is 1.48 bits per heavy atom. The lowest BCUT2D eigenvalue weighted by atomic mass is 10.2. The fourth-order valence-corrected chi connectivity index (χ4v) is 2.34. The highest BCUT2D eigenvalue weighted by Gasteiger charge is 2.33. The molecule has 0 saturated heterocycles. The number of carbonyl (C=O) groups excluding carboxylic acids is 1. The average molecular weight is 442 g/mol. The summed E-state index contributed by atoms with van der Waals surface area (Å²) < 4.78 is 81.4. The molecule has 3 aromatic rings. The molecule has 2 N–H and O–H groups in total. The number of urea groups is 1. The molecule has 2 amide bonds. The first-order valence-electron chi connectivity index (χ1n) is 8.43. The van der Waals surface area contributed by atoms with Crippen molar-refractivity contribution < 1.29 is 35.9 Å². The molecule has 31 heavy (non-hydrogen) atoms. The second-order valence-electron chi connectivity index (χ2n) is 6.02. The predicted molar refractivity (Wildman–Crippen MR) is 97.6 cm³/mol. The number of halogens is 6. The lowest BCUT2D eigenvalue weighted by Gasteiger charge is -2.11. The van der Waals surface area contributed by atoms with Gasteiger partial charge in [0.05, 0.1) is 5.56 Å². The number of benzene rings is 2. The Kier molecular flexibility index (Phi) is 5.99. The zero-order chi connectivity index (χ0) is 22.6. The van der Waals surface area contributed by atoms with Crippen LogP contribution in [-0.2, 0) is 12.4 Å².